The molecule has 11 nitrogen and oxygen atoms in total. The first kappa shape index (κ1) is 30.2. The first-order valence-corrected chi connectivity index (χ1v) is 12.8. The Morgan fingerprint density at radius 3 is 1.97 bits per heavy atom. The Kier molecular flexibility index (Phi) is 13.8. The van der Waals surface area contributed by atoms with E-state index in [-0.39, 0.29) is 18.6 Å². The number of thioether (sulfide) groups is 1. The highest BCUT2D eigenvalue weighted by Gasteiger charge is 2.29. The van der Waals surface area contributed by atoms with E-state index in [1.54, 1.807) is 12.1 Å². The van der Waals surface area contributed by atoms with Crippen molar-refractivity contribution in [1.29, 1.82) is 0 Å². The van der Waals surface area contributed by atoms with Gasteiger partial charge in [-0.15, -0.1) is 0 Å². The lowest BCUT2D eigenvalue weighted by Gasteiger charge is -2.25. The molecule has 35 heavy (non-hydrogen) atoms. The molecule has 196 valence electrons. The largest absolute Gasteiger partial charge is 0.508 e. The van der Waals surface area contributed by atoms with Gasteiger partial charge in [0.2, 0.25) is 17.7 Å². The number of nitrogens with two attached hydrogens (primary N) is 2. The number of benzene rings is 1. The van der Waals surface area contributed by atoms with E-state index in [0.29, 0.717) is 37.1 Å². The van der Waals surface area contributed by atoms with Gasteiger partial charge in [-0.2, -0.15) is 11.8 Å². The minimum absolute atomic E-state index is 0.00327. The number of carboxylic acids is 1. The van der Waals surface area contributed by atoms with Crippen LogP contribution in [0.2, 0.25) is 0 Å². The fourth-order valence-corrected chi connectivity index (χ4v) is 3.65. The number of unbranched alkanes of at least 4 members (excludes halogenated alkanes) is 1. The Morgan fingerprint density at radius 2 is 1.46 bits per heavy atom. The van der Waals surface area contributed by atoms with Gasteiger partial charge in [0.1, 0.15) is 23.9 Å². The zero-order valence-corrected chi connectivity index (χ0v) is 21.0. The molecule has 1 rings (SSSR count). The lowest BCUT2D eigenvalue weighted by Crippen LogP contribution is -2.57. The number of aromatic hydroxyl groups is 1. The van der Waals surface area contributed by atoms with Crippen molar-refractivity contribution in [2.45, 2.75) is 63.2 Å². The fraction of sp³-hybridized carbons (Fsp3) is 0.565. The maximum Gasteiger partial charge on any atom is 0.326 e. The van der Waals surface area contributed by atoms with E-state index in [1.165, 1.54) is 30.8 Å². The lowest BCUT2D eigenvalue weighted by molar-refractivity contribution is -0.142. The molecule has 0 saturated carbocycles. The number of carbonyl (C=O) groups excluding carboxylic acids is 3. The van der Waals surface area contributed by atoms with Crippen molar-refractivity contribution in [3.63, 3.8) is 0 Å². The molecule has 1 aromatic rings. The molecule has 4 atom stereocenters. The molecular formula is C23H37N5O6S. The topological polar surface area (TPSA) is 197 Å². The number of hydrogen-bond donors (Lipinski definition) is 7. The van der Waals surface area contributed by atoms with Gasteiger partial charge >= 0.3 is 5.97 Å². The minimum Gasteiger partial charge on any atom is -0.508 e. The third-order valence-electron chi connectivity index (χ3n) is 5.23. The van der Waals surface area contributed by atoms with Crippen LogP contribution >= 0.6 is 11.8 Å². The maximum absolute atomic E-state index is 13.0. The van der Waals surface area contributed by atoms with Crippen LogP contribution in [-0.2, 0) is 25.6 Å². The molecule has 0 bridgehead atoms. The van der Waals surface area contributed by atoms with Gasteiger partial charge in [-0.05, 0) is 68.9 Å². The van der Waals surface area contributed by atoms with Crippen molar-refractivity contribution in [3.8, 4) is 5.75 Å². The second-order valence-corrected chi connectivity index (χ2v) is 9.23. The van der Waals surface area contributed by atoms with E-state index in [4.69, 9.17) is 11.5 Å². The molecule has 0 spiro atoms. The van der Waals surface area contributed by atoms with Crippen molar-refractivity contribution in [2.24, 2.45) is 11.5 Å². The van der Waals surface area contributed by atoms with Gasteiger partial charge in [0.15, 0.2) is 0 Å². The Hall–Kier alpha value is -2.83. The fourth-order valence-electron chi connectivity index (χ4n) is 3.18. The first-order chi connectivity index (χ1) is 16.6. The number of nitrogens with one attached hydrogen (secondary N) is 3. The molecule has 0 saturated heterocycles. The molecule has 3 amide bonds. The summed E-state index contributed by atoms with van der Waals surface area (Å²) in [5.41, 5.74) is 11.7. The Labute approximate surface area is 209 Å². The lowest BCUT2D eigenvalue weighted by atomic mass is 10.0. The van der Waals surface area contributed by atoms with Gasteiger partial charge in [-0.3, -0.25) is 14.4 Å². The average Bonchev–Trinajstić information content (AvgIpc) is 2.81. The van der Waals surface area contributed by atoms with Crippen molar-refractivity contribution in [1.82, 2.24) is 16.0 Å². The normalized spacial score (nSPS) is 14.3. The number of hydrogen-bond acceptors (Lipinski definition) is 8. The van der Waals surface area contributed by atoms with Gasteiger partial charge in [0, 0.05) is 6.42 Å². The SMILES string of the molecule is CSCCC(NC(=O)C(CCCCN)NC(=O)C(C)N)C(=O)NC(Cc1ccc(O)cc1)C(=O)O. The highest BCUT2D eigenvalue weighted by Crippen LogP contribution is 2.12. The molecular weight excluding hydrogens is 474 g/mol. The number of aliphatic carboxylic acids is 1. The summed E-state index contributed by atoms with van der Waals surface area (Å²) in [6, 6.07) is 2.04. The molecule has 0 fully saturated rings. The van der Waals surface area contributed by atoms with Crippen molar-refractivity contribution < 1.29 is 29.4 Å². The number of carbonyl (C=O) groups is 4. The molecule has 1 aromatic carbocycles. The van der Waals surface area contributed by atoms with E-state index < -0.39 is 47.9 Å². The highest BCUT2D eigenvalue weighted by atomic mass is 32.2. The van der Waals surface area contributed by atoms with Gasteiger partial charge in [0.25, 0.3) is 0 Å². The Bertz CT molecular complexity index is 836. The predicted octanol–water partition coefficient (Wildman–Crippen LogP) is -0.297. The molecule has 0 aliphatic rings. The van der Waals surface area contributed by atoms with Crippen molar-refractivity contribution >= 4 is 35.5 Å². The van der Waals surface area contributed by atoms with Crippen LogP contribution in [0.25, 0.3) is 0 Å². The second-order valence-electron chi connectivity index (χ2n) is 8.25. The molecule has 0 aliphatic heterocycles. The van der Waals surface area contributed by atoms with Crippen LogP contribution in [0, 0.1) is 0 Å². The number of phenols is 1. The predicted molar refractivity (Wildman–Crippen MR) is 135 cm³/mol. The monoisotopic (exact) mass is 511 g/mol. The zero-order valence-electron chi connectivity index (χ0n) is 20.2. The van der Waals surface area contributed by atoms with Gasteiger partial charge in [-0.1, -0.05) is 12.1 Å². The summed E-state index contributed by atoms with van der Waals surface area (Å²) >= 11 is 1.47. The molecule has 9 N–H and O–H groups in total. The average molecular weight is 512 g/mol. The van der Waals surface area contributed by atoms with Crippen LogP contribution in [-0.4, -0.2) is 76.6 Å². The van der Waals surface area contributed by atoms with E-state index in [1.807, 2.05) is 6.26 Å². The van der Waals surface area contributed by atoms with Crippen LogP contribution in [0.15, 0.2) is 24.3 Å². The third-order valence-corrected chi connectivity index (χ3v) is 5.87. The quantitative estimate of drug-likeness (QED) is 0.146. The minimum atomic E-state index is -1.24. The second kappa shape index (κ2) is 16.0. The summed E-state index contributed by atoms with van der Waals surface area (Å²) in [6.07, 6.45) is 3.67. The third kappa shape index (κ3) is 11.4. The molecule has 0 aromatic heterocycles. The van der Waals surface area contributed by atoms with Gasteiger partial charge in [-0.25, -0.2) is 4.79 Å². The summed E-state index contributed by atoms with van der Waals surface area (Å²) in [6.45, 7) is 1.94. The van der Waals surface area contributed by atoms with E-state index in [2.05, 4.69) is 16.0 Å². The van der Waals surface area contributed by atoms with Crippen LogP contribution in [0.5, 0.6) is 5.75 Å². The standard InChI is InChI=1S/C23H37N5O6S/c1-14(25)20(30)26-17(5-3-4-11-24)21(31)27-18(10-12-35-2)22(32)28-19(23(33)34)13-15-6-8-16(29)9-7-15/h6-9,14,17-19,29H,3-5,10-13,24-25H2,1-2H3,(H,26,30)(H,27,31)(H,28,32)(H,33,34). The smallest absolute Gasteiger partial charge is 0.326 e. The molecule has 12 heteroatoms. The highest BCUT2D eigenvalue weighted by molar-refractivity contribution is 7.98. The summed E-state index contributed by atoms with van der Waals surface area (Å²) in [7, 11) is 0. The Balaban J connectivity index is 2.95. The van der Waals surface area contributed by atoms with Gasteiger partial charge < -0.3 is 37.6 Å². The number of rotatable bonds is 16. The van der Waals surface area contributed by atoms with Crippen LogP contribution < -0.4 is 27.4 Å². The Morgan fingerprint density at radius 1 is 0.914 bits per heavy atom. The molecule has 0 radical (unpaired) electrons. The number of phenolic OH excluding ortho intramolecular Hbond substituents is 1. The van der Waals surface area contributed by atoms with E-state index in [9.17, 15) is 29.4 Å². The zero-order chi connectivity index (χ0) is 26.4. The van der Waals surface area contributed by atoms with Crippen molar-refractivity contribution in [2.75, 3.05) is 18.6 Å². The number of amides is 3. The summed E-state index contributed by atoms with van der Waals surface area (Å²) in [5, 5.41) is 26.8. The molecule has 0 heterocycles. The number of carboxylic acid groups (broad SMARTS) is 1. The van der Waals surface area contributed by atoms with Crippen LogP contribution in [0.1, 0.15) is 38.2 Å². The van der Waals surface area contributed by atoms with Crippen LogP contribution in [0.3, 0.4) is 0 Å². The first-order valence-electron chi connectivity index (χ1n) is 11.4. The van der Waals surface area contributed by atoms with Crippen molar-refractivity contribution in [3.05, 3.63) is 29.8 Å². The summed E-state index contributed by atoms with van der Waals surface area (Å²) < 4.78 is 0. The van der Waals surface area contributed by atoms with E-state index in [0.717, 1.165) is 0 Å². The van der Waals surface area contributed by atoms with E-state index >= 15 is 0 Å². The maximum atomic E-state index is 13.0. The molecule has 4 unspecified atom stereocenters. The summed E-state index contributed by atoms with van der Waals surface area (Å²) in [5.74, 6) is -2.34. The molecule has 0 aliphatic carbocycles. The van der Waals surface area contributed by atoms with Gasteiger partial charge in [0.05, 0.1) is 6.04 Å². The van der Waals surface area contributed by atoms with Crippen LogP contribution in [0.4, 0.5) is 0 Å². The summed E-state index contributed by atoms with van der Waals surface area (Å²) in [4.78, 5) is 49.9.